The molecule has 0 N–H and O–H groups in total. The fourth-order valence-corrected chi connectivity index (χ4v) is 4.23. The van der Waals surface area contributed by atoms with E-state index in [1.807, 2.05) is 48.5 Å². The van der Waals surface area contributed by atoms with Crippen molar-refractivity contribution in [1.29, 1.82) is 0 Å². The number of rotatable bonds is 11. The van der Waals surface area contributed by atoms with Crippen LogP contribution in [0.3, 0.4) is 0 Å². The maximum Gasteiger partial charge on any atom is 0.338 e. The summed E-state index contributed by atoms with van der Waals surface area (Å²) >= 11 is 0. The molecule has 0 aliphatic carbocycles. The van der Waals surface area contributed by atoms with Gasteiger partial charge >= 0.3 is 23.9 Å². The fourth-order valence-electron chi connectivity index (χ4n) is 4.23. The van der Waals surface area contributed by atoms with E-state index in [2.05, 4.69) is 19.7 Å². The summed E-state index contributed by atoms with van der Waals surface area (Å²) in [5, 5.41) is 0. The van der Waals surface area contributed by atoms with Gasteiger partial charge < -0.3 is 18.9 Å². The predicted octanol–water partition coefficient (Wildman–Crippen LogP) is 8.69. The van der Waals surface area contributed by atoms with Gasteiger partial charge in [-0.15, -0.1) is 0 Å². The summed E-state index contributed by atoms with van der Waals surface area (Å²) in [5.41, 5.74) is 5.55. The zero-order valence-electron chi connectivity index (χ0n) is 27.5. The van der Waals surface area contributed by atoms with E-state index in [1.54, 1.807) is 51.1 Å². The quantitative estimate of drug-likeness (QED) is 0.0907. The van der Waals surface area contributed by atoms with E-state index in [0.29, 0.717) is 5.56 Å². The molecule has 0 atom stereocenters. The third-order valence-corrected chi connectivity index (χ3v) is 6.99. The van der Waals surface area contributed by atoms with E-state index in [1.165, 1.54) is 19.9 Å². The number of hydrogen-bond acceptors (Lipinski definition) is 8. The molecule has 0 saturated carbocycles. The third-order valence-electron chi connectivity index (χ3n) is 6.99. The molecule has 4 rings (SSSR count). The summed E-state index contributed by atoms with van der Waals surface area (Å²) in [6.07, 6.45) is 0. The second kappa shape index (κ2) is 15.0. The molecule has 8 heteroatoms. The van der Waals surface area contributed by atoms with Crippen molar-refractivity contribution in [2.45, 2.75) is 34.6 Å². The largest absolute Gasteiger partial charge is 0.426 e. The maximum absolute atomic E-state index is 12.5. The summed E-state index contributed by atoms with van der Waals surface area (Å²) in [6, 6.07) is 25.3. The average Bonchev–Trinajstić information content (AvgIpc) is 3.05. The van der Waals surface area contributed by atoms with Crippen LogP contribution in [0.2, 0.25) is 0 Å². The molecule has 0 heterocycles. The topological polar surface area (TPSA) is 105 Å². The highest BCUT2D eigenvalue weighted by Crippen LogP contribution is 2.37. The normalized spacial score (nSPS) is 10.5. The molecule has 0 bridgehead atoms. The Morgan fingerprint density at radius 2 is 0.917 bits per heavy atom. The molecule has 0 radical (unpaired) electrons. The number of hydrogen-bond donors (Lipinski definition) is 0. The summed E-state index contributed by atoms with van der Waals surface area (Å²) in [4.78, 5) is 49.0. The molecule has 4 aromatic rings. The number of benzene rings is 4. The first-order chi connectivity index (χ1) is 22.7. The SMILES string of the molecule is C=C(C)C(=O)Oc1ccc(-c2ccc(-c3ccc(-c4ccc(OC(=O)C(=C)C)c(OC(=O)C(=C)C)c4)cc3)cc2)c(OC(=O)C(C)C)c1. The first kappa shape index (κ1) is 34.8. The molecule has 0 amide bonds. The van der Waals surface area contributed by atoms with E-state index in [-0.39, 0.29) is 45.6 Å². The van der Waals surface area contributed by atoms with Gasteiger partial charge in [-0.3, -0.25) is 4.79 Å². The minimum Gasteiger partial charge on any atom is -0.426 e. The lowest BCUT2D eigenvalue weighted by atomic mass is 9.97. The summed E-state index contributed by atoms with van der Waals surface area (Å²) in [6.45, 7) is 18.9. The van der Waals surface area contributed by atoms with Crippen LogP contribution in [0.15, 0.2) is 121 Å². The minimum atomic E-state index is -0.647. The highest BCUT2D eigenvalue weighted by atomic mass is 16.6. The van der Waals surface area contributed by atoms with Gasteiger partial charge in [-0.05, 0) is 72.9 Å². The zero-order chi connectivity index (χ0) is 35.1. The van der Waals surface area contributed by atoms with Gasteiger partial charge in [0.1, 0.15) is 11.5 Å². The highest BCUT2D eigenvalue weighted by molar-refractivity contribution is 5.92. The van der Waals surface area contributed by atoms with Crippen molar-refractivity contribution in [3.05, 3.63) is 121 Å². The fraction of sp³-hybridized carbons (Fsp3) is 0.150. The van der Waals surface area contributed by atoms with E-state index in [0.717, 1.165) is 27.8 Å². The Balaban J connectivity index is 1.60. The third kappa shape index (κ3) is 8.61. The van der Waals surface area contributed by atoms with Gasteiger partial charge in [-0.2, -0.15) is 0 Å². The maximum atomic E-state index is 12.5. The van der Waals surface area contributed by atoms with Crippen LogP contribution in [0.5, 0.6) is 23.0 Å². The zero-order valence-corrected chi connectivity index (χ0v) is 27.5. The molecule has 0 aromatic heterocycles. The Labute approximate surface area is 279 Å². The molecule has 0 aliphatic rings. The van der Waals surface area contributed by atoms with Gasteiger partial charge in [0.2, 0.25) is 0 Å². The molecule has 0 fully saturated rings. The second-order valence-corrected chi connectivity index (χ2v) is 11.6. The van der Waals surface area contributed by atoms with Crippen molar-refractivity contribution in [3.63, 3.8) is 0 Å². The number of carbonyl (C=O) groups excluding carboxylic acids is 4. The van der Waals surface area contributed by atoms with Crippen LogP contribution >= 0.6 is 0 Å². The molecule has 48 heavy (non-hydrogen) atoms. The van der Waals surface area contributed by atoms with Gasteiger partial charge in [0.25, 0.3) is 0 Å². The lowest BCUT2D eigenvalue weighted by Crippen LogP contribution is -2.15. The van der Waals surface area contributed by atoms with Gasteiger partial charge in [0, 0.05) is 28.3 Å². The Morgan fingerprint density at radius 1 is 0.479 bits per heavy atom. The Kier molecular flexibility index (Phi) is 10.9. The summed E-state index contributed by atoms with van der Waals surface area (Å²) in [7, 11) is 0. The first-order valence-corrected chi connectivity index (χ1v) is 15.1. The van der Waals surface area contributed by atoms with Gasteiger partial charge in [-0.1, -0.05) is 88.2 Å². The second-order valence-electron chi connectivity index (χ2n) is 11.6. The number of esters is 4. The van der Waals surface area contributed by atoms with Crippen molar-refractivity contribution in [2.75, 3.05) is 0 Å². The lowest BCUT2D eigenvalue weighted by Gasteiger charge is -2.14. The molecule has 8 nitrogen and oxygen atoms in total. The smallest absolute Gasteiger partial charge is 0.338 e. The van der Waals surface area contributed by atoms with Crippen molar-refractivity contribution in [2.24, 2.45) is 5.92 Å². The molecule has 0 saturated heterocycles. The summed E-state index contributed by atoms with van der Waals surface area (Å²) < 4.78 is 21.9. The molecular formula is C40H36O8. The molecule has 0 spiro atoms. The van der Waals surface area contributed by atoms with E-state index in [4.69, 9.17) is 18.9 Å². The van der Waals surface area contributed by atoms with Crippen LogP contribution in [0.4, 0.5) is 0 Å². The van der Waals surface area contributed by atoms with Crippen molar-refractivity contribution < 1.29 is 38.1 Å². The van der Waals surface area contributed by atoms with Crippen LogP contribution < -0.4 is 18.9 Å². The van der Waals surface area contributed by atoms with Gasteiger partial charge in [-0.25, -0.2) is 14.4 Å². The van der Waals surface area contributed by atoms with Gasteiger partial charge in [0.15, 0.2) is 11.5 Å². The van der Waals surface area contributed by atoms with Crippen molar-refractivity contribution in [1.82, 2.24) is 0 Å². The van der Waals surface area contributed by atoms with Crippen molar-refractivity contribution in [3.8, 4) is 56.4 Å². The molecule has 0 unspecified atom stereocenters. The van der Waals surface area contributed by atoms with Crippen LogP contribution in [0, 0.1) is 5.92 Å². The first-order valence-electron chi connectivity index (χ1n) is 15.1. The minimum absolute atomic E-state index is 0.0789. The monoisotopic (exact) mass is 644 g/mol. The lowest BCUT2D eigenvalue weighted by molar-refractivity contribution is -0.137. The standard InChI is InChI=1S/C40H36O8/c1-23(2)37(41)45-32-18-19-33(35(22-32)47-39(43)25(5)6)30-15-13-28(14-16-30)27-9-11-29(12-10-27)31-17-20-34(46-38(42)24(3)4)36(21-31)48-40(44)26(7)8/h9-22,25H,1,3,7H2,2,4-6,8H3. The Bertz CT molecular complexity index is 1930. The van der Waals surface area contributed by atoms with Crippen LogP contribution in [0.25, 0.3) is 33.4 Å². The highest BCUT2D eigenvalue weighted by Gasteiger charge is 2.18. The van der Waals surface area contributed by atoms with Gasteiger partial charge in [0.05, 0.1) is 5.92 Å². The van der Waals surface area contributed by atoms with Crippen molar-refractivity contribution >= 4 is 23.9 Å². The van der Waals surface area contributed by atoms with E-state index in [9.17, 15) is 19.2 Å². The number of ether oxygens (including phenoxy) is 4. The number of carbonyl (C=O) groups is 4. The summed E-state index contributed by atoms with van der Waals surface area (Å²) in [5.74, 6) is -1.97. The van der Waals surface area contributed by atoms with Crippen LogP contribution in [-0.2, 0) is 19.2 Å². The Hall–Kier alpha value is -6.02. The molecular weight excluding hydrogens is 608 g/mol. The van der Waals surface area contributed by atoms with E-state index < -0.39 is 23.9 Å². The molecule has 4 aromatic carbocycles. The molecule has 244 valence electrons. The molecule has 0 aliphatic heterocycles. The predicted molar refractivity (Wildman–Crippen MR) is 185 cm³/mol. The van der Waals surface area contributed by atoms with Crippen LogP contribution in [0.1, 0.15) is 34.6 Å². The Morgan fingerprint density at radius 3 is 1.42 bits per heavy atom. The van der Waals surface area contributed by atoms with E-state index >= 15 is 0 Å². The average molecular weight is 645 g/mol. The van der Waals surface area contributed by atoms with Crippen LogP contribution in [-0.4, -0.2) is 23.9 Å².